The Balaban J connectivity index is 1.65. The van der Waals surface area contributed by atoms with Gasteiger partial charge in [0.25, 0.3) is 11.7 Å². The van der Waals surface area contributed by atoms with Gasteiger partial charge in [-0.1, -0.05) is 46.3 Å². The van der Waals surface area contributed by atoms with Gasteiger partial charge in [-0.25, -0.2) is 4.68 Å². The van der Waals surface area contributed by atoms with Gasteiger partial charge in [-0.05, 0) is 56.5 Å². The van der Waals surface area contributed by atoms with E-state index in [1.807, 2.05) is 61.5 Å². The van der Waals surface area contributed by atoms with E-state index in [0.717, 1.165) is 15.7 Å². The lowest BCUT2D eigenvalue weighted by Gasteiger charge is -2.38. The number of nitrogens with zero attached hydrogens (tertiary/aromatic N) is 2. The predicted octanol–water partition coefficient (Wildman–Crippen LogP) is 4.26. The lowest BCUT2D eigenvalue weighted by Crippen LogP contribution is -2.51. The molecule has 0 aliphatic carbocycles. The van der Waals surface area contributed by atoms with Crippen molar-refractivity contribution in [3.63, 3.8) is 0 Å². The number of hydrogen-bond acceptors (Lipinski definition) is 4. The van der Waals surface area contributed by atoms with E-state index in [-0.39, 0.29) is 0 Å². The summed E-state index contributed by atoms with van der Waals surface area (Å²) < 4.78 is 8.16. The van der Waals surface area contributed by atoms with E-state index in [2.05, 4.69) is 26.3 Å². The number of benzene rings is 2. The normalized spacial score (nSPS) is 15.5. The van der Waals surface area contributed by atoms with Crippen LogP contribution in [0.1, 0.15) is 40.2 Å². The Bertz CT molecular complexity index is 1120. The molecule has 0 atom stereocenters. The highest BCUT2D eigenvalue weighted by Crippen LogP contribution is 2.34. The monoisotopic (exact) mass is 481 g/mol. The van der Waals surface area contributed by atoms with Gasteiger partial charge < -0.3 is 10.1 Å². The number of rotatable bonds is 5. The van der Waals surface area contributed by atoms with Gasteiger partial charge in [0, 0.05) is 17.7 Å². The van der Waals surface area contributed by atoms with E-state index in [9.17, 15) is 9.59 Å². The molecule has 4 rings (SSSR count). The molecule has 0 bridgehead atoms. The second-order valence-electron chi connectivity index (χ2n) is 7.78. The Hall–Kier alpha value is -2.77. The molecule has 0 saturated carbocycles. The molecule has 1 aliphatic heterocycles. The number of hydrogen-bond donors (Lipinski definition) is 1. The second kappa shape index (κ2) is 8.77. The van der Waals surface area contributed by atoms with E-state index in [0.29, 0.717) is 43.0 Å². The molecular weight excluding hydrogens is 458 g/mol. The van der Waals surface area contributed by atoms with Crippen molar-refractivity contribution in [3.8, 4) is 5.69 Å². The first-order valence-corrected chi connectivity index (χ1v) is 11.0. The minimum Gasteiger partial charge on any atom is -0.381 e. The molecule has 1 aromatic heterocycles. The lowest BCUT2D eigenvalue weighted by atomic mass is 9.82. The summed E-state index contributed by atoms with van der Waals surface area (Å²) in [4.78, 5) is 26.4. The molecule has 160 valence electrons. The number of halogens is 1. The van der Waals surface area contributed by atoms with Gasteiger partial charge in [0.05, 0.1) is 28.2 Å². The Morgan fingerprint density at radius 3 is 2.45 bits per heavy atom. The summed E-state index contributed by atoms with van der Waals surface area (Å²) in [5.74, 6) is -1.20. The summed E-state index contributed by atoms with van der Waals surface area (Å²) in [6.07, 6.45) is 1.20. The Morgan fingerprint density at radius 1 is 1.06 bits per heavy atom. The number of para-hydroxylation sites is 1. The smallest absolute Gasteiger partial charge is 0.293 e. The number of nitrogens with one attached hydrogen (secondary N) is 1. The first-order valence-electron chi connectivity index (χ1n) is 10.2. The molecule has 6 nitrogen and oxygen atoms in total. The molecule has 2 heterocycles. The van der Waals surface area contributed by atoms with Gasteiger partial charge in [-0.3, -0.25) is 9.59 Å². The maximum absolute atomic E-state index is 13.2. The summed E-state index contributed by atoms with van der Waals surface area (Å²) >= 11 is 3.51. The van der Waals surface area contributed by atoms with Gasteiger partial charge in [0.1, 0.15) is 0 Å². The van der Waals surface area contributed by atoms with E-state index in [4.69, 9.17) is 4.74 Å². The molecule has 0 unspecified atom stereocenters. The fourth-order valence-electron chi connectivity index (χ4n) is 4.17. The van der Waals surface area contributed by atoms with Crippen molar-refractivity contribution in [1.29, 1.82) is 0 Å². The highest BCUT2D eigenvalue weighted by molar-refractivity contribution is 9.10. The molecule has 1 aliphatic rings. The fourth-order valence-corrected chi connectivity index (χ4v) is 4.57. The quantitative estimate of drug-likeness (QED) is 0.436. The van der Waals surface area contributed by atoms with Crippen LogP contribution in [0.15, 0.2) is 59.1 Å². The van der Waals surface area contributed by atoms with Crippen LogP contribution in [0.5, 0.6) is 0 Å². The van der Waals surface area contributed by atoms with Crippen LogP contribution in [0.25, 0.3) is 5.69 Å². The average Bonchev–Trinajstić information content (AvgIpc) is 3.08. The van der Waals surface area contributed by atoms with Crippen molar-refractivity contribution >= 4 is 27.6 Å². The van der Waals surface area contributed by atoms with Gasteiger partial charge in [-0.15, -0.1) is 0 Å². The minimum atomic E-state index is -0.647. The zero-order valence-electron chi connectivity index (χ0n) is 17.5. The van der Waals surface area contributed by atoms with Gasteiger partial charge >= 0.3 is 0 Å². The van der Waals surface area contributed by atoms with Crippen molar-refractivity contribution in [3.05, 3.63) is 81.6 Å². The van der Waals surface area contributed by atoms with Crippen molar-refractivity contribution in [2.45, 2.75) is 32.2 Å². The highest BCUT2D eigenvalue weighted by atomic mass is 79.9. The number of aryl methyl sites for hydroxylation is 1. The molecule has 7 heteroatoms. The third kappa shape index (κ3) is 4.20. The first-order chi connectivity index (χ1) is 14.9. The SMILES string of the molecule is Cc1nn(-c2ccccc2)c(C)c1C(=O)C(=O)NC1(c2cccc(Br)c2)CCOCC1. The molecule has 31 heavy (non-hydrogen) atoms. The molecule has 1 N–H and O–H groups in total. The summed E-state index contributed by atoms with van der Waals surface area (Å²) in [6.45, 7) is 4.60. The zero-order chi connectivity index (χ0) is 22.0. The molecule has 1 saturated heterocycles. The van der Waals surface area contributed by atoms with Crippen molar-refractivity contribution in [1.82, 2.24) is 15.1 Å². The molecule has 0 radical (unpaired) electrons. The van der Waals surface area contributed by atoms with Crippen LogP contribution in [0.3, 0.4) is 0 Å². The van der Waals surface area contributed by atoms with E-state index >= 15 is 0 Å². The van der Waals surface area contributed by atoms with E-state index in [1.165, 1.54) is 0 Å². The van der Waals surface area contributed by atoms with E-state index < -0.39 is 17.2 Å². The molecule has 3 aromatic rings. The van der Waals surface area contributed by atoms with Crippen LogP contribution in [0.4, 0.5) is 0 Å². The van der Waals surface area contributed by atoms with Crippen LogP contribution in [-0.2, 0) is 15.1 Å². The van der Waals surface area contributed by atoms with Gasteiger partial charge in [0.2, 0.25) is 0 Å². The number of aromatic nitrogens is 2. The van der Waals surface area contributed by atoms with Gasteiger partial charge in [-0.2, -0.15) is 5.10 Å². The maximum atomic E-state index is 13.2. The van der Waals surface area contributed by atoms with Crippen LogP contribution in [-0.4, -0.2) is 34.7 Å². The molecule has 2 aromatic carbocycles. The average molecular weight is 482 g/mol. The Labute approximate surface area is 189 Å². The lowest BCUT2D eigenvalue weighted by molar-refractivity contribution is -0.120. The topological polar surface area (TPSA) is 73.2 Å². The summed E-state index contributed by atoms with van der Waals surface area (Å²) in [6, 6.07) is 17.4. The van der Waals surface area contributed by atoms with Crippen molar-refractivity contribution in [2.75, 3.05) is 13.2 Å². The van der Waals surface area contributed by atoms with Crippen molar-refractivity contribution in [2.24, 2.45) is 0 Å². The van der Waals surface area contributed by atoms with Crippen LogP contribution in [0.2, 0.25) is 0 Å². The second-order valence-corrected chi connectivity index (χ2v) is 8.70. The molecule has 1 amide bonds. The standard InChI is InChI=1S/C24H24BrN3O3/c1-16-21(17(2)28(27-16)20-9-4-3-5-10-20)22(29)23(30)26-24(11-13-31-14-12-24)18-7-6-8-19(25)15-18/h3-10,15H,11-14H2,1-2H3,(H,26,30). The van der Waals surface area contributed by atoms with Crippen molar-refractivity contribution < 1.29 is 14.3 Å². The van der Waals surface area contributed by atoms with Crippen LogP contribution < -0.4 is 5.32 Å². The van der Waals surface area contributed by atoms with Gasteiger partial charge in [0.15, 0.2) is 0 Å². The molecular formula is C24H24BrN3O3. The largest absolute Gasteiger partial charge is 0.381 e. The Morgan fingerprint density at radius 2 is 1.77 bits per heavy atom. The number of carbonyl (C=O) groups is 2. The number of amides is 1. The number of ketones is 1. The summed E-state index contributed by atoms with van der Waals surface area (Å²) in [7, 11) is 0. The van der Waals surface area contributed by atoms with E-state index in [1.54, 1.807) is 11.6 Å². The summed E-state index contributed by atoms with van der Waals surface area (Å²) in [5, 5.41) is 7.56. The number of ether oxygens (including phenoxy) is 1. The number of carbonyl (C=O) groups excluding carboxylic acids is 2. The molecule has 1 fully saturated rings. The first kappa shape index (κ1) is 21.5. The third-order valence-electron chi connectivity index (χ3n) is 5.80. The van der Waals surface area contributed by atoms with Crippen LogP contribution >= 0.6 is 15.9 Å². The number of Topliss-reactive ketones (excluding diaryl/α,β-unsaturated/α-hetero) is 1. The third-order valence-corrected chi connectivity index (χ3v) is 6.29. The predicted molar refractivity (Wildman–Crippen MR) is 121 cm³/mol. The zero-order valence-corrected chi connectivity index (χ0v) is 19.1. The minimum absolute atomic E-state index is 0.345. The fraction of sp³-hybridized carbons (Fsp3) is 0.292. The Kier molecular flexibility index (Phi) is 6.07. The summed E-state index contributed by atoms with van der Waals surface area (Å²) in [5.41, 5.74) is 2.68. The highest BCUT2D eigenvalue weighted by Gasteiger charge is 2.38. The molecule has 0 spiro atoms. The maximum Gasteiger partial charge on any atom is 0.293 e. The van der Waals surface area contributed by atoms with Crippen LogP contribution in [0, 0.1) is 13.8 Å².